The quantitative estimate of drug-likeness (QED) is 0.760. The summed E-state index contributed by atoms with van der Waals surface area (Å²) in [6.07, 6.45) is 3.04. The number of sulfonamides is 1. The molecule has 1 aliphatic heterocycles. The van der Waals surface area contributed by atoms with E-state index in [0.29, 0.717) is 18.9 Å². The van der Waals surface area contributed by atoms with Crippen LogP contribution in [0.2, 0.25) is 0 Å². The number of pyridine rings is 1. The Morgan fingerprint density at radius 3 is 2.32 bits per heavy atom. The SMILES string of the molecule is CN(C)C(CNc1ccc(S(=O)(=O)N2CCCC2)cn1)c1c(F)cccc1F. The van der Waals surface area contributed by atoms with Gasteiger partial charge in [-0.3, -0.25) is 0 Å². The Balaban J connectivity index is 1.73. The average Bonchev–Trinajstić information content (AvgIpc) is 3.20. The molecule has 6 nitrogen and oxygen atoms in total. The fourth-order valence-electron chi connectivity index (χ4n) is 3.29. The highest BCUT2D eigenvalue weighted by Gasteiger charge is 2.27. The molecule has 28 heavy (non-hydrogen) atoms. The molecule has 1 saturated heterocycles. The van der Waals surface area contributed by atoms with E-state index in [1.54, 1.807) is 25.1 Å². The number of halogens is 2. The molecular weight excluding hydrogens is 386 g/mol. The molecule has 1 unspecified atom stereocenters. The Morgan fingerprint density at radius 1 is 1.14 bits per heavy atom. The fourth-order valence-corrected chi connectivity index (χ4v) is 4.75. The van der Waals surface area contributed by atoms with Crippen molar-refractivity contribution < 1.29 is 17.2 Å². The Kier molecular flexibility index (Phi) is 6.26. The third-order valence-electron chi connectivity index (χ3n) is 4.87. The molecular formula is C19H24F2N4O2S. The Labute approximate surface area is 164 Å². The number of aromatic nitrogens is 1. The third kappa shape index (κ3) is 4.31. The van der Waals surface area contributed by atoms with E-state index in [-0.39, 0.29) is 17.0 Å². The van der Waals surface area contributed by atoms with Gasteiger partial charge in [-0.2, -0.15) is 4.31 Å². The normalized spacial score (nSPS) is 16.5. The first-order valence-electron chi connectivity index (χ1n) is 9.11. The molecule has 0 amide bonds. The Bertz CT molecular complexity index is 894. The largest absolute Gasteiger partial charge is 0.368 e. The Morgan fingerprint density at radius 2 is 1.79 bits per heavy atom. The number of hydrogen-bond donors (Lipinski definition) is 1. The number of benzene rings is 1. The van der Waals surface area contributed by atoms with Gasteiger partial charge in [0, 0.05) is 31.4 Å². The van der Waals surface area contributed by atoms with Crippen molar-refractivity contribution in [2.45, 2.75) is 23.8 Å². The van der Waals surface area contributed by atoms with Gasteiger partial charge in [0.15, 0.2) is 0 Å². The van der Waals surface area contributed by atoms with Crippen LogP contribution >= 0.6 is 0 Å². The maximum Gasteiger partial charge on any atom is 0.244 e. The van der Waals surface area contributed by atoms with Gasteiger partial charge in [-0.15, -0.1) is 0 Å². The summed E-state index contributed by atoms with van der Waals surface area (Å²) in [6.45, 7) is 1.26. The fraction of sp³-hybridized carbons (Fsp3) is 0.421. The molecule has 1 fully saturated rings. The van der Waals surface area contributed by atoms with Crippen LogP contribution < -0.4 is 5.32 Å². The molecule has 1 N–H and O–H groups in total. The molecule has 3 rings (SSSR count). The second-order valence-corrected chi connectivity index (χ2v) is 8.92. The van der Waals surface area contributed by atoms with E-state index in [0.717, 1.165) is 12.8 Å². The highest BCUT2D eigenvalue weighted by molar-refractivity contribution is 7.89. The molecule has 0 aliphatic carbocycles. The van der Waals surface area contributed by atoms with Crippen molar-refractivity contribution in [3.8, 4) is 0 Å². The second-order valence-electron chi connectivity index (χ2n) is 6.99. The topological polar surface area (TPSA) is 65.5 Å². The number of nitrogens with zero attached hydrogens (tertiary/aromatic N) is 3. The van der Waals surface area contributed by atoms with Crippen LogP contribution in [0.15, 0.2) is 41.4 Å². The van der Waals surface area contributed by atoms with Gasteiger partial charge < -0.3 is 10.2 Å². The minimum Gasteiger partial charge on any atom is -0.368 e. The van der Waals surface area contributed by atoms with Crippen molar-refractivity contribution >= 4 is 15.8 Å². The molecule has 0 saturated carbocycles. The van der Waals surface area contributed by atoms with E-state index < -0.39 is 27.7 Å². The van der Waals surface area contributed by atoms with Crippen molar-refractivity contribution in [1.29, 1.82) is 0 Å². The summed E-state index contributed by atoms with van der Waals surface area (Å²) in [6, 6.07) is 6.28. The lowest BCUT2D eigenvalue weighted by atomic mass is 10.0. The smallest absolute Gasteiger partial charge is 0.244 e. The van der Waals surface area contributed by atoms with Crippen molar-refractivity contribution in [1.82, 2.24) is 14.2 Å². The van der Waals surface area contributed by atoms with Gasteiger partial charge in [-0.25, -0.2) is 22.2 Å². The molecule has 2 heterocycles. The van der Waals surface area contributed by atoms with Gasteiger partial charge >= 0.3 is 0 Å². The molecule has 2 aromatic rings. The standard InChI is InChI=1S/C19H24F2N4O2S/c1-24(2)17(19-15(20)6-5-7-16(19)21)13-23-18-9-8-14(12-22-18)28(26,27)25-10-3-4-11-25/h5-9,12,17H,3-4,10-11,13H2,1-2H3,(H,22,23). The lowest BCUT2D eigenvalue weighted by molar-refractivity contribution is 0.295. The van der Waals surface area contributed by atoms with Crippen LogP contribution in [0.25, 0.3) is 0 Å². The third-order valence-corrected chi connectivity index (χ3v) is 6.75. The van der Waals surface area contributed by atoms with Crippen LogP contribution in [0.3, 0.4) is 0 Å². The Hall–Kier alpha value is -2.10. The molecule has 1 aromatic carbocycles. The van der Waals surface area contributed by atoms with E-state index in [1.165, 1.54) is 34.8 Å². The van der Waals surface area contributed by atoms with Crippen LogP contribution in [0.1, 0.15) is 24.4 Å². The zero-order chi connectivity index (χ0) is 20.3. The predicted molar refractivity (Wildman–Crippen MR) is 104 cm³/mol. The monoisotopic (exact) mass is 410 g/mol. The molecule has 9 heteroatoms. The summed E-state index contributed by atoms with van der Waals surface area (Å²) >= 11 is 0. The summed E-state index contributed by atoms with van der Waals surface area (Å²) in [5, 5.41) is 3.03. The van der Waals surface area contributed by atoms with E-state index in [2.05, 4.69) is 10.3 Å². The lowest BCUT2D eigenvalue weighted by Crippen LogP contribution is -2.29. The summed E-state index contributed by atoms with van der Waals surface area (Å²) < 4.78 is 54.8. The summed E-state index contributed by atoms with van der Waals surface area (Å²) in [5.41, 5.74) is -0.0202. The van der Waals surface area contributed by atoms with E-state index in [4.69, 9.17) is 0 Å². The number of hydrogen-bond acceptors (Lipinski definition) is 5. The zero-order valence-electron chi connectivity index (χ0n) is 15.9. The molecule has 0 spiro atoms. The van der Waals surface area contributed by atoms with Gasteiger partial charge in [0.1, 0.15) is 22.3 Å². The summed E-state index contributed by atoms with van der Waals surface area (Å²) in [7, 11) is -0.0517. The number of rotatable bonds is 7. The minimum absolute atomic E-state index is 0.0202. The van der Waals surface area contributed by atoms with Crippen molar-refractivity contribution in [3.05, 3.63) is 53.7 Å². The van der Waals surface area contributed by atoms with Gasteiger partial charge in [-0.05, 0) is 51.2 Å². The highest BCUT2D eigenvalue weighted by Crippen LogP contribution is 2.25. The maximum absolute atomic E-state index is 14.1. The number of likely N-dealkylation sites (N-methyl/N-ethyl adjacent to an activating group) is 1. The molecule has 0 bridgehead atoms. The average molecular weight is 410 g/mol. The van der Waals surface area contributed by atoms with Crippen LogP contribution in [0.4, 0.5) is 14.6 Å². The summed E-state index contributed by atoms with van der Waals surface area (Å²) in [5.74, 6) is -0.787. The maximum atomic E-state index is 14.1. The van der Waals surface area contributed by atoms with Crippen LogP contribution in [0.5, 0.6) is 0 Å². The van der Waals surface area contributed by atoms with Crippen molar-refractivity contribution in [3.63, 3.8) is 0 Å². The minimum atomic E-state index is -3.52. The van der Waals surface area contributed by atoms with E-state index in [9.17, 15) is 17.2 Å². The first-order chi connectivity index (χ1) is 13.3. The van der Waals surface area contributed by atoms with Gasteiger partial charge in [0.05, 0.1) is 6.04 Å². The van der Waals surface area contributed by atoms with E-state index >= 15 is 0 Å². The first kappa shape index (κ1) is 20.6. The lowest BCUT2D eigenvalue weighted by Gasteiger charge is -2.26. The molecule has 0 radical (unpaired) electrons. The molecule has 1 aliphatic rings. The predicted octanol–water partition coefficient (Wildman–Crippen LogP) is 2.86. The number of nitrogens with one attached hydrogen (secondary N) is 1. The second kappa shape index (κ2) is 8.50. The van der Waals surface area contributed by atoms with Crippen molar-refractivity contribution in [2.24, 2.45) is 0 Å². The van der Waals surface area contributed by atoms with Crippen LogP contribution in [-0.4, -0.2) is 56.3 Å². The molecule has 152 valence electrons. The number of anilines is 1. The van der Waals surface area contributed by atoms with Gasteiger partial charge in [0.25, 0.3) is 0 Å². The highest BCUT2D eigenvalue weighted by atomic mass is 32.2. The molecule has 1 atom stereocenters. The first-order valence-corrected chi connectivity index (χ1v) is 10.5. The summed E-state index contributed by atoms with van der Waals surface area (Å²) in [4.78, 5) is 6.02. The van der Waals surface area contributed by atoms with Crippen molar-refractivity contribution in [2.75, 3.05) is 39.0 Å². The molecule has 1 aromatic heterocycles. The zero-order valence-corrected chi connectivity index (χ0v) is 16.7. The van der Waals surface area contributed by atoms with Crippen LogP contribution in [0, 0.1) is 11.6 Å². The van der Waals surface area contributed by atoms with Gasteiger partial charge in [-0.1, -0.05) is 6.07 Å². The van der Waals surface area contributed by atoms with E-state index in [1.807, 2.05) is 0 Å². The van der Waals surface area contributed by atoms with Gasteiger partial charge in [0.2, 0.25) is 10.0 Å². The van der Waals surface area contributed by atoms with Crippen LogP contribution in [-0.2, 0) is 10.0 Å².